The number of carbonyl (C=O) groups is 4. The second kappa shape index (κ2) is 15.1. The van der Waals surface area contributed by atoms with Crippen LogP contribution in [0.4, 0.5) is 0 Å². The lowest BCUT2D eigenvalue weighted by atomic mass is 10.0. The fourth-order valence-electron chi connectivity index (χ4n) is 3.80. The average Bonchev–Trinajstić information content (AvgIpc) is 3.29. The summed E-state index contributed by atoms with van der Waals surface area (Å²) in [7, 11) is 0. The fourth-order valence-corrected chi connectivity index (χ4v) is 3.80. The molecule has 1 rings (SSSR count). The van der Waals surface area contributed by atoms with Gasteiger partial charge >= 0.3 is 5.97 Å². The molecule has 1 fully saturated rings. The number of hydrogen-bond donors (Lipinski definition) is 8. The van der Waals surface area contributed by atoms with Gasteiger partial charge in [0.15, 0.2) is 5.96 Å². The van der Waals surface area contributed by atoms with Crippen molar-refractivity contribution in [3.8, 4) is 0 Å². The standard InChI is InChI=1S/C21H40N8O6/c1-12(30)16(19(33)29-11-5-8-15(29)20(34)35)28-18(32)14(7-2-3-9-22)27-17(31)13(23)6-4-10-26-21(24)25/h12-16,30H,2-11,22-23H2,1H3,(H,27,31)(H,28,32)(H,34,35)(H4,24,25,26). The van der Waals surface area contributed by atoms with Gasteiger partial charge in [-0.25, -0.2) is 4.79 Å². The Hall–Kier alpha value is -2.97. The number of nitrogens with zero attached hydrogens (tertiary/aromatic N) is 2. The minimum absolute atomic E-state index is 0.0644. The maximum absolute atomic E-state index is 13.0. The van der Waals surface area contributed by atoms with Crippen LogP contribution in [0.2, 0.25) is 0 Å². The molecule has 0 aromatic rings. The van der Waals surface area contributed by atoms with Gasteiger partial charge < -0.3 is 48.7 Å². The number of carboxylic acid groups (broad SMARTS) is 1. The zero-order valence-electron chi connectivity index (χ0n) is 20.2. The molecule has 3 amide bonds. The number of carboxylic acids is 1. The Kier molecular flexibility index (Phi) is 13.0. The lowest BCUT2D eigenvalue weighted by Gasteiger charge is -2.30. The van der Waals surface area contributed by atoms with E-state index in [1.807, 2.05) is 0 Å². The quantitative estimate of drug-likeness (QED) is 0.0639. The first kappa shape index (κ1) is 30.1. The van der Waals surface area contributed by atoms with Gasteiger partial charge in [0.1, 0.15) is 18.1 Å². The van der Waals surface area contributed by atoms with Crippen LogP contribution in [0.3, 0.4) is 0 Å². The number of carbonyl (C=O) groups excluding carboxylic acids is 3. The highest BCUT2D eigenvalue weighted by molar-refractivity contribution is 5.94. The fraction of sp³-hybridized carbons (Fsp3) is 0.762. The normalized spacial score (nSPS) is 18.7. The summed E-state index contributed by atoms with van der Waals surface area (Å²) in [4.78, 5) is 55.0. The van der Waals surface area contributed by atoms with Crippen molar-refractivity contribution in [3.05, 3.63) is 0 Å². The Bertz CT molecular complexity index is 758. The van der Waals surface area contributed by atoms with Gasteiger partial charge in [-0.05, 0) is 58.4 Å². The van der Waals surface area contributed by atoms with Crippen LogP contribution in [0.25, 0.3) is 0 Å². The second-order valence-electron chi connectivity index (χ2n) is 8.66. The van der Waals surface area contributed by atoms with Crippen LogP contribution in [0.15, 0.2) is 4.99 Å². The third kappa shape index (κ3) is 10.0. The van der Waals surface area contributed by atoms with E-state index in [2.05, 4.69) is 15.6 Å². The minimum atomic E-state index is -1.37. The first-order valence-corrected chi connectivity index (χ1v) is 11.8. The van der Waals surface area contributed by atoms with Crippen molar-refractivity contribution in [3.63, 3.8) is 0 Å². The largest absolute Gasteiger partial charge is 0.480 e. The molecule has 14 nitrogen and oxygen atoms in total. The molecule has 5 atom stereocenters. The van der Waals surface area contributed by atoms with Crippen LogP contribution in [-0.2, 0) is 19.2 Å². The number of likely N-dealkylation sites (tertiary alicyclic amines) is 1. The first-order valence-electron chi connectivity index (χ1n) is 11.8. The van der Waals surface area contributed by atoms with Crippen molar-refractivity contribution in [2.45, 2.75) is 82.1 Å². The number of unbranched alkanes of at least 4 members (excludes halogenated alkanes) is 1. The molecule has 35 heavy (non-hydrogen) atoms. The molecule has 0 spiro atoms. The Morgan fingerprint density at radius 1 is 1.09 bits per heavy atom. The van der Waals surface area contributed by atoms with Crippen molar-refractivity contribution in [2.75, 3.05) is 19.6 Å². The molecule has 1 aliphatic rings. The number of nitrogens with one attached hydrogen (secondary N) is 2. The van der Waals surface area contributed by atoms with Crippen molar-refractivity contribution in [1.82, 2.24) is 15.5 Å². The summed E-state index contributed by atoms with van der Waals surface area (Å²) in [5.41, 5.74) is 22.0. The van der Waals surface area contributed by atoms with Crippen LogP contribution in [0.5, 0.6) is 0 Å². The van der Waals surface area contributed by atoms with Crippen molar-refractivity contribution >= 4 is 29.7 Å². The van der Waals surface area contributed by atoms with E-state index in [1.54, 1.807) is 0 Å². The van der Waals surface area contributed by atoms with Crippen LogP contribution in [-0.4, -0.2) is 94.7 Å². The molecule has 5 unspecified atom stereocenters. The molecular formula is C21H40N8O6. The van der Waals surface area contributed by atoms with Gasteiger partial charge in [-0.15, -0.1) is 0 Å². The Labute approximate surface area is 204 Å². The van der Waals surface area contributed by atoms with Crippen molar-refractivity contribution in [2.24, 2.45) is 27.9 Å². The van der Waals surface area contributed by atoms with Gasteiger partial charge in [0.25, 0.3) is 0 Å². The number of amides is 3. The summed E-state index contributed by atoms with van der Waals surface area (Å²) in [6.07, 6.45) is 1.60. The van der Waals surface area contributed by atoms with E-state index in [0.29, 0.717) is 45.2 Å². The summed E-state index contributed by atoms with van der Waals surface area (Å²) < 4.78 is 0. The first-order chi connectivity index (χ1) is 16.5. The van der Waals surface area contributed by atoms with E-state index < -0.39 is 54.0 Å². The molecule has 12 N–H and O–H groups in total. The van der Waals surface area contributed by atoms with E-state index in [0.717, 1.165) is 4.90 Å². The van der Waals surface area contributed by atoms with Crippen LogP contribution < -0.4 is 33.6 Å². The number of rotatable bonds is 15. The lowest BCUT2D eigenvalue weighted by molar-refractivity contribution is -0.150. The number of guanidine groups is 1. The summed E-state index contributed by atoms with van der Waals surface area (Å²) in [5.74, 6) is -3.15. The van der Waals surface area contributed by atoms with Crippen molar-refractivity contribution in [1.29, 1.82) is 0 Å². The molecule has 1 heterocycles. The zero-order chi connectivity index (χ0) is 26.5. The monoisotopic (exact) mass is 500 g/mol. The molecule has 1 aliphatic heterocycles. The molecule has 14 heteroatoms. The highest BCUT2D eigenvalue weighted by Gasteiger charge is 2.40. The summed E-state index contributed by atoms with van der Waals surface area (Å²) >= 11 is 0. The van der Waals surface area contributed by atoms with Crippen LogP contribution in [0, 0.1) is 0 Å². The van der Waals surface area contributed by atoms with Gasteiger partial charge in [-0.3, -0.25) is 19.4 Å². The number of nitrogens with two attached hydrogens (primary N) is 4. The minimum Gasteiger partial charge on any atom is -0.480 e. The molecule has 1 saturated heterocycles. The molecule has 200 valence electrons. The molecule has 0 aliphatic carbocycles. The summed E-state index contributed by atoms with van der Waals surface area (Å²) in [6, 6.07) is -4.33. The smallest absolute Gasteiger partial charge is 0.326 e. The number of aliphatic hydroxyl groups is 1. The Morgan fingerprint density at radius 2 is 1.77 bits per heavy atom. The summed E-state index contributed by atoms with van der Waals surface area (Å²) in [6.45, 7) is 2.23. The Balaban J connectivity index is 2.87. The maximum Gasteiger partial charge on any atom is 0.326 e. The van der Waals surface area contributed by atoms with Gasteiger partial charge in [-0.1, -0.05) is 0 Å². The predicted octanol–water partition coefficient (Wildman–Crippen LogP) is -3.08. The Morgan fingerprint density at radius 3 is 2.34 bits per heavy atom. The van der Waals surface area contributed by atoms with E-state index in [4.69, 9.17) is 22.9 Å². The van der Waals surface area contributed by atoms with Crippen molar-refractivity contribution < 1.29 is 29.4 Å². The average molecular weight is 501 g/mol. The van der Waals surface area contributed by atoms with E-state index in [9.17, 15) is 29.4 Å². The molecule has 0 aromatic carbocycles. The molecule has 0 bridgehead atoms. The molecule has 0 aromatic heterocycles. The van der Waals surface area contributed by atoms with Gasteiger partial charge in [0, 0.05) is 13.1 Å². The SMILES string of the molecule is CC(O)C(NC(=O)C(CCCCN)NC(=O)C(N)CCCN=C(N)N)C(=O)N1CCCC1C(=O)O. The van der Waals surface area contributed by atoms with E-state index >= 15 is 0 Å². The van der Waals surface area contributed by atoms with Gasteiger partial charge in [0.2, 0.25) is 17.7 Å². The third-order valence-corrected chi connectivity index (χ3v) is 5.75. The van der Waals surface area contributed by atoms with Gasteiger partial charge in [0.05, 0.1) is 12.1 Å². The maximum atomic E-state index is 13.0. The second-order valence-corrected chi connectivity index (χ2v) is 8.66. The number of aliphatic carboxylic acids is 1. The van der Waals surface area contributed by atoms with E-state index in [-0.39, 0.29) is 25.3 Å². The van der Waals surface area contributed by atoms with Crippen LogP contribution in [0.1, 0.15) is 51.9 Å². The summed E-state index contributed by atoms with van der Waals surface area (Å²) in [5, 5.41) is 24.6. The highest BCUT2D eigenvalue weighted by atomic mass is 16.4. The molecule has 0 radical (unpaired) electrons. The van der Waals surface area contributed by atoms with Crippen LogP contribution >= 0.6 is 0 Å². The highest BCUT2D eigenvalue weighted by Crippen LogP contribution is 2.19. The lowest BCUT2D eigenvalue weighted by Crippen LogP contribution is -2.59. The number of aliphatic imine (C=N–C) groups is 1. The third-order valence-electron chi connectivity index (χ3n) is 5.75. The number of aliphatic hydroxyl groups excluding tert-OH is 1. The topological polar surface area (TPSA) is 252 Å². The van der Waals surface area contributed by atoms with E-state index in [1.165, 1.54) is 6.92 Å². The van der Waals surface area contributed by atoms with Gasteiger partial charge in [-0.2, -0.15) is 0 Å². The molecule has 0 saturated carbocycles. The zero-order valence-corrected chi connectivity index (χ0v) is 20.2. The molecular weight excluding hydrogens is 460 g/mol. The number of hydrogen-bond acceptors (Lipinski definition) is 8. The predicted molar refractivity (Wildman–Crippen MR) is 129 cm³/mol.